The Balaban J connectivity index is 1.80. The lowest BCUT2D eigenvalue weighted by atomic mass is 10.0. The second-order valence-electron chi connectivity index (χ2n) is 7.35. The lowest BCUT2D eigenvalue weighted by Gasteiger charge is -2.28. The summed E-state index contributed by atoms with van der Waals surface area (Å²) < 4.78 is 5.44. The van der Waals surface area contributed by atoms with Crippen molar-refractivity contribution in [1.82, 2.24) is 9.97 Å². The van der Waals surface area contributed by atoms with E-state index < -0.39 is 0 Å². The van der Waals surface area contributed by atoms with Crippen LogP contribution in [0.3, 0.4) is 0 Å². The van der Waals surface area contributed by atoms with Crippen LogP contribution < -0.4 is 10.2 Å². The summed E-state index contributed by atoms with van der Waals surface area (Å²) >= 11 is 0. The molecular formula is C23H22N6O. The zero-order chi connectivity index (χ0) is 21.1. The monoisotopic (exact) mass is 398 g/mol. The molecule has 30 heavy (non-hydrogen) atoms. The van der Waals surface area contributed by atoms with Gasteiger partial charge >= 0.3 is 0 Å². The van der Waals surface area contributed by atoms with Crippen molar-refractivity contribution < 1.29 is 4.74 Å². The van der Waals surface area contributed by atoms with E-state index in [1.807, 2.05) is 38.1 Å². The minimum Gasteiger partial charge on any atom is -0.378 e. The highest BCUT2D eigenvalue weighted by atomic mass is 16.5. The van der Waals surface area contributed by atoms with Gasteiger partial charge in [0.1, 0.15) is 12.1 Å². The van der Waals surface area contributed by atoms with Crippen molar-refractivity contribution in [3.8, 4) is 12.1 Å². The fraction of sp³-hybridized carbons (Fsp3) is 0.304. The van der Waals surface area contributed by atoms with Crippen LogP contribution >= 0.6 is 0 Å². The minimum atomic E-state index is -0.110. The second-order valence-corrected chi connectivity index (χ2v) is 7.35. The summed E-state index contributed by atoms with van der Waals surface area (Å²) in [5.41, 5.74) is 5.17. The van der Waals surface area contributed by atoms with Crippen LogP contribution in [0.4, 0.5) is 11.5 Å². The Morgan fingerprint density at radius 2 is 1.87 bits per heavy atom. The quantitative estimate of drug-likeness (QED) is 0.715. The Bertz CT molecular complexity index is 1170. The van der Waals surface area contributed by atoms with Crippen LogP contribution in [0.5, 0.6) is 0 Å². The normalized spacial score (nSPS) is 14.7. The maximum absolute atomic E-state index is 9.66. The lowest BCUT2D eigenvalue weighted by Crippen LogP contribution is -2.37. The molecule has 3 aromatic rings. The number of aromatic nitrogens is 2. The molecule has 1 atom stereocenters. The molecule has 0 radical (unpaired) electrons. The maximum Gasteiger partial charge on any atom is 0.183 e. The van der Waals surface area contributed by atoms with Crippen LogP contribution in [0.15, 0.2) is 36.4 Å². The molecule has 2 heterocycles. The summed E-state index contributed by atoms with van der Waals surface area (Å²) in [6.07, 6.45) is 0. The van der Waals surface area contributed by atoms with Crippen LogP contribution in [0.1, 0.15) is 35.3 Å². The highest BCUT2D eigenvalue weighted by Crippen LogP contribution is 2.30. The molecule has 0 unspecified atom stereocenters. The molecule has 2 aromatic carbocycles. The zero-order valence-corrected chi connectivity index (χ0v) is 17.0. The summed E-state index contributed by atoms with van der Waals surface area (Å²) in [4.78, 5) is 11.6. The van der Waals surface area contributed by atoms with Crippen molar-refractivity contribution in [2.45, 2.75) is 19.9 Å². The van der Waals surface area contributed by atoms with Gasteiger partial charge < -0.3 is 15.0 Å². The third kappa shape index (κ3) is 3.76. The number of nitriles is 2. The number of morpholine rings is 1. The molecule has 0 bridgehead atoms. The topological polar surface area (TPSA) is 97.9 Å². The molecule has 4 rings (SSSR count). The van der Waals surface area contributed by atoms with Crippen molar-refractivity contribution >= 4 is 22.5 Å². The van der Waals surface area contributed by atoms with E-state index in [4.69, 9.17) is 9.72 Å². The highest BCUT2D eigenvalue weighted by molar-refractivity contribution is 5.83. The van der Waals surface area contributed by atoms with Crippen LogP contribution in [0.25, 0.3) is 11.0 Å². The Kier molecular flexibility index (Phi) is 5.47. The first kappa shape index (κ1) is 19.6. The number of para-hydroxylation sites is 1. The Morgan fingerprint density at radius 3 is 2.60 bits per heavy atom. The molecule has 150 valence electrons. The summed E-state index contributed by atoms with van der Waals surface area (Å²) in [7, 11) is 0. The van der Waals surface area contributed by atoms with Gasteiger partial charge in [-0.25, -0.2) is 9.97 Å². The van der Waals surface area contributed by atoms with E-state index in [0.29, 0.717) is 48.9 Å². The number of hydrogen-bond acceptors (Lipinski definition) is 7. The first-order valence-corrected chi connectivity index (χ1v) is 9.91. The fourth-order valence-electron chi connectivity index (χ4n) is 3.74. The van der Waals surface area contributed by atoms with Gasteiger partial charge in [0.15, 0.2) is 11.5 Å². The van der Waals surface area contributed by atoms with E-state index in [1.165, 1.54) is 0 Å². The third-order valence-electron chi connectivity index (χ3n) is 5.23. The Labute approximate surface area is 175 Å². The molecule has 0 aliphatic carbocycles. The number of hydrogen-bond donors (Lipinski definition) is 1. The van der Waals surface area contributed by atoms with Gasteiger partial charge in [-0.3, -0.25) is 0 Å². The lowest BCUT2D eigenvalue weighted by molar-refractivity contribution is 0.122. The van der Waals surface area contributed by atoms with Crippen LogP contribution in [-0.4, -0.2) is 36.3 Å². The predicted molar refractivity (Wildman–Crippen MR) is 115 cm³/mol. The first-order valence-electron chi connectivity index (χ1n) is 9.91. The van der Waals surface area contributed by atoms with E-state index in [0.717, 1.165) is 22.3 Å². The van der Waals surface area contributed by atoms with Crippen molar-refractivity contribution in [2.24, 2.45) is 0 Å². The standard InChI is InChI=1S/C23H22N6O/c1-15-11-18(16(2)26-19-6-4-3-5-17(19)13-24)22-20(12-15)27-21(14-25)23(28-22)29-7-9-30-10-8-29/h3-6,11-12,16,26H,7-10H2,1-2H3/t16-/m1/s1. The smallest absolute Gasteiger partial charge is 0.183 e. The molecule has 7 heteroatoms. The summed E-state index contributed by atoms with van der Waals surface area (Å²) in [6.45, 7) is 6.61. The zero-order valence-electron chi connectivity index (χ0n) is 17.0. The van der Waals surface area contributed by atoms with E-state index in [-0.39, 0.29) is 6.04 Å². The van der Waals surface area contributed by atoms with Gasteiger partial charge in [0.25, 0.3) is 0 Å². The number of rotatable bonds is 4. The van der Waals surface area contributed by atoms with Crippen molar-refractivity contribution in [2.75, 3.05) is 36.5 Å². The Hall–Kier alpha value is -3.68. The van der Waals surface area contributed by atoms with Crippen LogP contribution in [0.2, 0.25) is 0 Å². The SMILES string of the molecule is Cc1cc([C@@H](C)Nc2ccccc2C#N)c2nc(N3CCOCC3)c(C#N)nc2c1. The number of anilines is 2. The Morgan fingerprint density at radius 1 is 1.10 bits per heavy atom. The average molecular weight is 398 g/mol. The number of fused-ring (bicyclic) bond motifs is 1. The third-order valence-corrected chi connectivity index (χ3v) is 5.23. The molecule has 1 aromatic heterocycles. The number of nitrogens with zero attached hydrogens (tertiary/aromatic N) is 5. The highest BCUT2D eigenvalue weighted by Gasteiger charge is 2.21. The predicted octanol–water partition coefficient (Wildman–Crippen LogP) is 3.69. The second kappa shape index (κ2) is 8.36. The summed E-state index contributed by atoms with van der Waals surface area (Å²) in [5, 5.41) is 22.5. The molecule has 0 spiro atoms. The maximum atomic E-state index is 9.66. The average Bonchev–Trinajstić information content (AvgIpc) is 2.78. The molecule has 1 saturated heterocycles. The number of nitrogens with one attached hydrogen (secondary N) is 1. The van der Waals surface area contributed by atoms with Crippen molar-refractivity contribution in [3.63, 3.8) is 0 Å². The van der Waals surface area contributed by atoms with Crippen LogP contribution in [0, 0.1) is 29.6 Å². The molecule has 1 fully saturated rings. The van der Waals surface area contributed by atoms with E-state index in [2.05, 4.69) is 33.4 Å². The van der Waals surface area contributed by atoms with Gasteiger partial charge in [0.05, 0.1) is 41.5 Å². The molecule has 0 saturated carbocycles. The fourth-order valence-corrected chi connectivity index (χ4v) is 3.74. The molecule has 1 aliphatic rings. The van der Waals surface area contributed by atoms with Gasteiger partial charge in [0, 0.05) is 18.7 Å². The van der Waals surface area contributed by atoms with Gasteiger partial charge in [0.2, 0.25) is 0 Å². The van der Waals surface area contributed by atoms with Gasteiger partial charge in [-0.2, -0.15) is 10.5 Å². The molecule has 1 N–H and O–H groups in total. The number of ether oxygens (including phenoxy) is 1. The number of aryl methyl sites for hydroxylation is 1. The van der Waals surface area contributed by atoms with Gasteiger partial charge in [-0.1, -0.05) is 18.2 Å². The van der Waals surface area contributed by atoms with Crippen LogP contribution in [-0.2, 0) is 4.74 Å². The van der Waals surface area contributed by atoms with Gasteiger partial charge in [-0.15, -0.1) is 0 Å². The van der Waals surface area contributed by atoms with E-state index in [9.17, 15) is 10.5 Å². The molecule has 0 amide bonds. The van der Waals surface area contributed by atoms with E-state index in [1.54, 1.807) is 6.07 Å². The van der Waals surface area contributed by atoms with E-state index >= 15 is 0 Å². The number of benzene rings is 2. The largest absolute Gasteiger partial charge is 0.378 e. The summed E-state index contributed by atoms with van der Waals surface area (Å²) in [5.74, 6) is 0.600. The van der Waals surface area contributed by atoms with Gasteiger partial charge in [-0.05, 0) is 37.6 Å². The summed E-state index contributed by atoms with van der Waals surface area (Å²) in [6, 6.07) is 15.8. The van der Waals surface area contributed by atoms with Crippen molar-refractivity contribution in [3.05, 3.63) is 58.8 Å². The van der Waals surface area contributed by atoms with Crippen molar-refractivity contribution in [1.29, 1.82) is 10.5 Å². The molecular weight excluding hydrogens is 376 g/mol. The minimum absolute atomic E-state index is 0.110. The first-order chi connectivity index (χ1) is 14.6. The molecule has 7 nitrogen and oxygen atoms in total. The molecule has 1 aliphatic heterocycles.